The van der Waals surface area contributed by atoms with Gasteiger partial charge in [-0.05, 0) is 23.3 Å². The van der Waals surface area contributed by atoms with E-state index in [4.69, 9.17) is 16.8 Å². The molecule has 0 saturated heterocycles. The summed E-state index contributed by atoms with van der Waals surface area (Å²) in [5.41, 5.74) is 1.90. The van der Waals surface area contributed by atoms with Gasteiger partial charge in [-0.2, -0.15) is 11.8 Å². The number of phenols is 1. The van der Waals surface area contributed by atoms with Crippen molar-refractivity contribution in [1.29, 1.82) is 0 Å². The van der Waals surface area contributed by atoms with Crippen LogP contribution in [0, 0.1) is 0 Å². The molecule has 0 aliphatic carbocycles. The maximum Gasteiger partial charge on any atom is 0.269 e. The highest BCUT2D eigenvalue weighted by atomic mass is 35.5. The number of oxime groups is 1. The van der Waals surface area contributed by atoms with Crippen molar-refractivity contribution in [3.05, 3.63) is 64.7 Å². The van der Waals surface area contributed by atoms with E-state index >= 15 is 0 Å². The summed E-state index contributed by atoms with van der Waals surface area (Å²) >= 11 is 7.55. The minimum Gasteiger partial charge on any atom is -0.506 e. The second-order valence-corrected chi connectivity index (χ2v) is 6.82. The van der Waals surface area contributed by atoms with E-state index in [9.17, 15) is 9.90 Å². The normalized spacial score (nSPS) is 11.3. The summed E-state index contributed by atoms with van der Waals surface area (Å²) in [7, 11) is 0. The van der Waals surface area contributed by atoms with E-state index < -0.39 is 5.91 Å². The van der Waals surface area contributed by atoms with Gasteiger partial charge in [-0.25, -0.2) is 0 Å². The first-order valence-electron chi connectivity index (χ1n) is 7.68. The first-order chi connectivity index (χ1) is 12.1. The molecule has 1 amide bonds. The molecule has 3 N–H and O–H groups in total. The molecule has 0 aromatic heterocycles. The van der Waals surface area contributed by atoms with E-state index in [-0.39, 0.29) is 22.9 Å². The van der Waals surface area contributed by atoms with Crippen molar-refractivity contribution in [1.82, 2.24) is 5.32 Å². The van der Waals surface area contributed by atoms with Gasteiger partial charge in [-0.1, -0.05) is 53.2 Å². The third-order valence-electron chi connectivity index (χ3n) is 3.41. The lowest BCUT2D eigenvalue weighted by atomic mass is 10.1. The number of phenolic OH excluding ortho intramolecular Hbond substituents is 1. The molecule has 0 spiro atoms. The SMILES string of the molecule is O=C(NCCSCc1ccccc1)/C(Cc1ccc(O)c(Cl)c1)=N/O. The van der Waals surface area contributed by atoms with Gasteiger partial charge >= 0.3 is 0 Å². The smallest absolute Gasteiger partial charge is 0.269 e. The molecule has 0 aliphatic rings. The third-order valence-corrected chi connectivity index (χ3v) is 4.74. The summed E-state index contributed by atoms with van der Waals surface area (Å²) in [6.07, 6.45) is 0.124. The molecule has 0 bridgehead atoms. The molecule has 0 fully saturated rings. The lowest BCUT2D eigenvalue weighted by molar-refractivity contribution is -0.114. The number of thioether (sulfide) groups is 1. The van der Waals surface area contributed by atoms with Gasteiger partial charge in [-0.15, -0.1) is 0 Å². The van der Waals surface area contributed by atoms with Crippen LogP contribution in [-0.4, -0.2) is 34.2 Å². The van der Waals surface area contributed by atoms with E-state index in [1.807, 2.05) is 18.2 Å². The number of hydrogen-bond acceptors (Lipinski definition) is 5. The summed E-state index contributed by atoms with van der Waals surface area (Å²) in [4.78, 5) is 12.1. The monoisotopic (exact) mass is 378 g/mol. The second kappa shape index (κ2) is 9.96. The zero-order chi connectivity index (χ0) is 18.1. The number of rotatable bonds is 8. The molecule has 2 rings (SSSR count). The molecule has 0 unspecified atom stereocenters. The van der Waals surface area contributed by atoms with Crippen LogP contribution < -0.4 is 5.32 Å². The number of halogens is 1. The summed E-state index contributed by atoms with van der Waals surface area (Å²) in [5, 5.41) is 24.5. The molecule has 2 aromatic rings. The number of carbonyl (C=O) groups is 1. The Bertz CT molecular complexity index is 738. The van der Waals surface area contributed by atoms with Crippen molar-refractivity contribution in [2.24, 2.45) is 5.16 Å². The zero-order valence-corrected chi connectivity index (χ0v) is 15.1. The molecule has 0 saturated carbocycles. The number of hydrogen-bond donors (Lipinski definition) is 3. The van der Waals surface area contributed by atoms with Crippen LogP contribution in [0.1, 0.15) is 11.1 Å². The van der Waals surface area contributed by atoms with Gasteiger partial charge < -0.3 is 15.6 Å². The number of nitrogens with zero attached hydrogens (tertiary/aromatic N) is 1. The molecule has 5 nitrogen and oxygen atoms in total. The predicted molar refractivity (Wildman–Crippen MR) is 102 cm³/mol. The summed E-state index contributed by atoms with van der Waals surface area (Å²) in [5.74, 6) is 1.17. The first-order valence-corrected chi connectivity index (χ1v) is 9.21. The molecule has 0 aliphatic heterocycles. The second-order valence-electron chi connectivity index (χ2n) is 5.30. The number of benzene rings is 2. The van der Waals surface area contributed by atoms with Gasteiger partial charge in [-0.3, -0.25) is 4.79 Å². The summed E-state index contributed by atoms with van der Waals surface area (Å²) in [6.45, 7) is 0.478. The van der Waals surface area contributed by atoms with E-state index in [2.05, 4.69) is 22.6 Å². The quantitative estimate of drug-likeness (QED) is 0.284. The van der Waals surface area contributed by atoms with Crippen LogP contribution in [0.3, 0.4) is 0 Å². The lowest BCUT2D eigenvalue weighted by Gasteiger charge is -2.08. The average Bonchev–Trinajstić information content (AvgIpc) is 2.63. The van der Waals surface area contributed by atoms with Crippen LogP contribution in [0.5, 0.6) is 5.75 Å². The van der Waals surface area contributed by atoms with Crippen LogP contribution in [0.25, 0.3) is 0 Å². The number of aromatic hydroxyl groups is 1. The Morgan fingerprint density at radius 3 is 2.60 bits per heavy atom. The van der Waals surface area contributed by atoms with Crippen molar-refractivity contribution in [2.75, 3.05) is 12.3 Å². The molecule has 7 heteroatoms. The topological polar surface area (TPSA) is 81.9 Å². The summed E-state index contributed by atoms with van der Waals surface area (Å²) in [6, 6.07) is 14.7. The largest absolute Gasteiger partial charge is 0.506 e. The standard InChI is InChI=1S/C18H19ClN2O3S/c19-15-10-14(6-7-17(15)22)11-16(21-24)18(23)20-8-9-25-12-13-4-2-1-3-5-13/h1-7,10,22,24H,8-9,11-12H2,(H,20,23)/b21-16+. The van der Waals surface area contributed by atoms with Crippen LogP contribution in [0.4, 0.5) is 0 Å². The van der Waals surface area contributed by atoms with Crippen molar-refractivity contribution in [2.45, 2.75) is 12.2 Å². The van der Waals surface area contributed by atoms with Crippen molar-refractivity contribution in [3.63, 3.8) is 0 Å². The van der Waals surface area contributed by atoms with Crippen molar-refractivity contribution < 1.29 is 15.1 Å². The van der Waals surface area contributed by atoms with E-state index in [0.29, 0.717) is 12.1 Å². The highest BCUT2D eigenvalue weighted by Gasteiger charge is 2.13. The Morgan fingerprint density at radius 2 is 1.92 bits per heavy atom. The Morgan fingerprint density at radius 1 is 1.16 bits per heavy atom. The highest BCUT2D eigenvalue weighted by molar-refractivity contribution is 7.98. The molecule has 0 radical (unpaired) electrons. The highest BCUT2D eigenvalue weighted by Crippen LogP contribution is 2.23. The maximum absolute atomic E-state index is 12.1. The van der Waals surface area contributed by atoms with E-state index in [1.165, 1.54) is 17.7 Å². The van der Waals surface area contributed by atoms with Crippen molar-refractivity contribution >= 4 is 35.0 Å². The molecule has 0 heterocycles. The van der Waals surface area contributed by atoms with Gasteiger partial charge in [0, 0.05) is 24.5 Å². The molecular formula is C18H19ClN2O3S. The van der Waals surface area contributed by atoms with E-state index in [0.717, 1.165) is 11.5 Å². The van der Waals surface area contributed by atoms with Crippen LogP contribution in [0.2, 0.25) is 5.02 Å². The minimum atomic E-state index is -0.424. The molecule has 0 atom stereocenters. The van der Waals surface area contributed by atoms with Crippen LogP contribution in [0.15, 0.2) is 53.7 Å². The lowest BCUT2D eigenvalue weighted by Crippen LogP contribution is -2.33. The Hall–Kier alpha value is -2.18. The molecule has 2 aromatic carbocycles. The fourth-order valence-electron chi connectivity index (χ4n) is 2.12. The fraction of sp³-hybridized carbons (Fsp3) is 0.222. The fourth-order valence-corrected chi connectivity index (χ4v) is 3.14. The molecule has 25 heavy (non-hydrogen) atoms. The number of carbonyl (C=O) groups excluding carboxylic acids is 1. The number of amides is 1. The van der Waals surface area contributed by atoms with Gasteiger partial charge in [0.1, 0.15) is 11.5 Å². The first kappa shape index (κ1) is 19.1. The van der Waals surface area contributed by atoms with E-state index in [1.54, 1.807) is 17.8 Å². The average molecular weight is 379 g/mol. The van der Waals surface area contributed by atoms with Gasteiger partial charge in [0.05, 0.1) is 5.02 Å². The van der Waals surface area contributed by atoms with Crippen LogP contribution in [-0.2, 0) is 17.0 Å². The molecule has 132 valence electrons. The van der Waals surface area contributed by atoms with Gasteiger partial charge in [0.2, 0.25) is 0 Å². The number of nitrogens with one attached hydrogen (secondary N) is 1. The summed E-state index contributed by atoms with van der Waals surface area (Å²) < 4.78 is 0. The minimum absolute atomic E-state index is 0.00480. The van der Waals surface area contributed by atoms with Gasteiger partial charge in [0.25, 0.3) is 5.91 Å². The van der Waals surface area contributed by atoms with Gasteiger partial charge in [0.15, 0.2) is 0 Å². The Labute approximate surface area is 155 Å². The zero-order valence-electron chi connectivity index (χ0n) is 13.5. The van der Waals surface area contributed by atoms with Crippen molar-refractivity contribution in [3.8, 4) is 5.75 Å². The third kappa shape index (κ3) is 6.32. The molecular weight excluding hydrogens is 360 g/mol. The van der Waals surface area contributed by atoms with Crippen LogP contribution >= 0.6 is 23.4 Å². The Kier molecular flexibility index (Phi) is 7.63. The maximum atomic E-state index is 12.1. The Balaban J connectivity index is 1.75. The predicted octanol–water partition coefficient (Wildman–Crippen LogP) is 3.47.